The second kappa shape index (κ2) is 7.56. The summed E-state index contributed by atoms with van der Waals surface area (Å²) < 4.78 is 1.08. The number of nitrogens with zero attached hydrogens (tertiary/aromatic N) is 2. The van der Waals surface area contributed by atoms with E-state index in [1.165, 1.54) is 5.56 Å². The molecule has 0 aliphatic carbocycles. The Morgan fingerprint density at radius 1 is 1.19 bits per heavy atom. The van der Waals surface area contributed by atoms with Gasteiger partial charge in [-0.2, -0.15) is 0 Å². The van der Waals surface area contributed by atoms with E-state index in [2.05, 4.69) is 45.5 Å². The number of carbonyl (C=O) groups excluding carboxylic acids is 1. The average molecular weight is 366 g/mol. The van der Waals surface area contributed by atoms with Crippen molar-refractivity contribution in [3.63, 3.8) is 0 Å². The molecule has 2 heterocycles. The summed E-state index contributed by atoms with van der Waals surface area (Å²) >= 11 is 1.63. The summed E-state index contributed by atoms with van der Waals surface area (Å²) in [4.78, 5) is 19.5. The molecule has 3 aromatic rings. The van der Waals surface area contributed by atoms with Gasteiger partial charge in [-0.15, -0.1) is 11.3 Å². The van der Waals surface area contributed by atoms with E-state index in [1.807, 2.05) is 25.1 Å². The Morgan fingerprint density at radius 2 is 1.96 bits per heavy atom. The third-order valence-electron chi connectivity index (χ3n) is 4.93. The van der Waals surface area contributed by atoms with Crippen molar-refractivity contribution in [3.8, 4) is 0 Å². The van der Waals surface area contributed by atoms with Gasteiger partial charge in [-0.3, -0.25) is 9.69 Å². The van der Waals surface area contributed by atoms with Gasteiger partial charge in [-0.1, -0.05) is 30.3 Å². The number of amides is 1. The number of fused-ring (bicyclic) bond motifs is 1. The Morgan fingerprint density at radius 3 is 2.73 bits per heavy atom. The minimum atomic E-state index is 0.0273. The smallest absolute Gasteiger partial charge is 0.251 e. The topological polar surface area (TPSA) is 45.2 Å². The summed E-state index contributed by atoms with van der Waals surface area (Å²) in [6.45, 7) is 5.02. The van der Waals surface area contributed by atoms with E-state index in [0.717, 1.165) is 53.3 Å². The molecule has 0 radical (unpaired) electrons. The van der Waals surface area contributed by atoms with Crippen LogP contribution < -0.4 is 5.32 Å². The van der Waals surface area contributed by atoms with Gasteiger partial charge in [0.1, 0.15) is 0 Å². The highest BCUT2D eigenvalue weighted by Crippen LogP contribution is 2.23. The molecule has 1 aliphatic heterocycles. The monoisotopic (exact) mass is 365 g/mol. The van der Waals surface area contributed by atoms with Crippen molar-refractivity contribution in [3.05, 3.63) is 64.7 Å². The predicted octanol–water partition coefficient (Wildman–Crippen LogP) is 4.00. The molecular formula is C21H23N3OS. The van der Waals surface area contributed by atoms with Gasteiger partial charge in [0.25, 0.3) is 5.91 Å². The first-order valence-corrected chi connectivity index (χ1v) is 9.93. The van der Waals surface area contributed by atoms with Crippen molar-refractivity contribution < 1.29 is 4.79 Å². The Labute approximate surface area is 157 Å². The number of benzene rings is 2. The number of hydrogen-bond acceptors (Lipinski definition) is 4. The van der Waals surface area contributed by atoms with Crippen molar-refractivity contribution in [1.29, 1.82) is 0 Å². The molecule has 1 aromatic heterocycles. The number of aromatic nitrogens is 1. The van der Waals surface area contributed by atoms with Crippen LogP contribution in [0.3, 0.4) is 0 Å². The number of rotatable bonds is 4. The largest absolute Gasteiger partial charge is 0.349 e. The zero-order valence-corrected chi connectivity index (χ0v) is 15.8. The highest BCUT2D eigenvalue weighted by Gasteiger charge is 2.21. The molecule has 0 saturated carbocycles. The molecule has 1 amide bonds. The van der Waals surface area contributed by atoms with E-state index in [9.17, 15) is 4.79 Å². The summed E-state index contributed by atoms with van der Waals surface area (Å²) in [6, 6.07) is 16.6. The van der Waals surface area contributed by atoms with E-state index in [0.29, 0.717) is 0 Å². The molecule has 1 N–H and O–H groups in total. The summed E-state index contributed by atoms with van der Waals surface area (Å²) in [7, 11) is 0. The molecule has 2 aromatic carbocycles. The summed E-state index contributed by atoms with van der Waals surface area (Å²) in [5.74, 6) is 0.0273. The Bertz CT molecular complexity index is 898. The van der Waals surface area contributed by atoms with Crippen LogP contribution in [0.15, 0.2) is 48.5 Å². The molecular weight excluding hydrogens is 342 g/mol. The van der Waals surface area contributed by atoms with Gasteiger partial charge >= 0.3 is 0 Å². The van der Waals surface area contributed by atoms with E-state index >= 15 is 0 Å². The molecule has 4 nitrogen and oxygen atoms in total. The van der Waals surface area contributed by atoms with Gasteiger partial charge in [-0.25, -0.2) is 4.98 Å². The van der Waals surface area contributed by atoms with Gasteiger partial charge < -0.3 is 5.32 Å². The summed E-state index contributed by atoms with van der Waals surface area (Å²) in [5, 5.41) is 4.24. The van der Waals surface area contributed by atoms with Crippen LogP contribution in [0, 0.1) is 6.92 Å². The Kier molecular flexibility index (Phi) is 5.00. The van der Waals surface area contributed by atoms with Crippen molar-refractivity contribution >= 4 is 27.5 Å². The van der Waals surface area contributed by atoms with Crippen LogP contribution in [0.1, 0.15) is 33.8 Å². The van der Waals surface area contributed by atoms with Gasteiger partial charge in [0.05, 0.1) is 15.2 Å². The van der Waals surface area contributed by atoms with Crippen LogP contribution >= 0.6 is 11.3 Å². The van der Waals surface area contributed by atoms with Crippen LogP contribution in [-0.2, 0) is 6.54 Å². The predicted molar refractivity (Wildman–Crippen MR) is 107 cm³/mol. The van der Waals surface area contributed by atoms with Gasteiger partial charge in [0, 0.05) is 31.2 Å². The zero-order valence-electron chi connectivity index (χ0n) is 14.9. The number of thiazole rings is 1. The lowest BCUT2D eigenvalue weighted by Crippen LogP contribution is -2.44. The Hall–Kier alpha value is -2.24. The van der Waals surface area contributed by atoms with Crippen LogP contribution in [0.4, 0.5) is 0 Å². The molecule has 5 heteroatoms. The molecule has 0 spiro atoms. The average Bonchev–Trinajstić information content (AvgIpc) is 3.03. The molecule has 0 unspecified atom stereocenters. The first kappa shape index (κ1) is 17.2. The number of aryl methyl sites for hydroxylation is 1. The molecule has 1 fully saturated rings. The zero-order chi connectivity index (χ0) is 17.9. The maximum absolute atomic E-state index is 12.6. The van der Waals surface area contributed by atoms with Crippen LogP contribution in [0.5, 0.6) is 0 Å². The highest BCUT2D eigenvalue weighted by molar-refractivity contribution is 7.18. The highest BCUT2D eigenvalue weighted by atomic mass is 32.1. The number of carbonyl (C=O) groups is 1. The van der Waals surface area contributed by atoms with E-state index in [-0.39, 0.29) is 11.9 Å². The maximum atomic E-state index is 12.6. The fourth-order valence-corrected chi connectivity index (χ4v) is 4.39. The second-order valence-corrected chi connectivity index (χ2v) is 8.16. The van der Waals surface area contributed by atoms with E-state index in [4.69, 9.17) is 0 Å². The standard InChI is InChI=1S/C21H23N3OS/c1-15-22-19-8-7-17(13-20(19)26-15)21(25)23-18-9-11-24(12-10-18)14-16-5-3-2-4-6-16/h2-8,13,18H,9-12,14H2,1H3,(H,23,25). The minimum Gasteiger partial charge on any atom is -0.349 e. The van der Waals surface area contributed by atoms with Crippen LogP contribution in [0.2, 0.25) is 0 Å². The first-order chi connectivity index (χ1) is 12.7. The quantitative estimate of drug-likeness (QED) is 0.760. The first-order valence-electron chi connectivity index (χ1n) is 9.12. The lowest BCUT2D eigenvalue weighted by atomic mass is 10.0. The lowest BCUT2D eigenvalue weighted by Gasteiger charge is -2.32. The molecule has 4 rings (SSSR count). The Balaban J connectivity index is 1.32. The van der Waals surface area contributed by atoms with Crippen molar-refractivity contribution in [2.45, 2.75) is 32.4 Å². The van der Waals surface area contributed by atoms with Gasteiger partial charge in [-0.05, 0) is 43.5 Å². The van der Waals surface area contributed by atoms with E-state index < -0.39 is 0 Å². The third kappa shape index (κ3) is 3.94. The molecule has 0 bridgehead atoms. The number of likely N-dealkylation sites (tertiary alicyclic amines) is 1. The van der Waals surface area contributed by atoms with Crippen LogP contribution in [0.25, 0.3) is 10.2 Å². The SMILES string of the molecule is Cc1nc2ccc(C(=O)NC3CCN(Cc4ccccc4)CC3)cc2s1. The molecule has 0 atom stereocenters. The normalized spacial score (nSPS) is 16.0. The van der Waals surface area contributed by atoms with Gasteiger partial charge in [0.2, 0.25) is 0 Å². The fraction of sp³-hybridized carbons (Fsp3) is 0.333. The van der Waals surface area contributed by atoms with E-state index in [1.54, 1.807) is 11.3 Å². The number of nitrogens with one attached hydrogen (secondary N) is 1. The van der Waals surface area contributed by atoms with Gasteiger partial charge in [0.15, 0.2) is 0 Å². The van der Waals surface area contributed by atoms with Crippen molar-refractivity contribution in [2.24, 2.45) is 0 Å². The number of hydrogen-bond donors (Lipinski definition) is 1. The molecule has 134 valence electrons. The molecule has 1 aliphatic rings. The number of piperidine rings is 1. The van der Waals surface area contributed by atoms with Crippen molar-refractivity contribution in [2.75, 3.05) is 13.1 Å². The third-order valence-corrected chi connectivity index (χ3v) is 5.86. The lowest BCUT2D eigenvalue weighted by molar-refractivity contribution is 0.0909. The van der Waals surface area contributed by atoms with Crippen LogP contribution in [-0.4, -0.2) is 34.9 Å². The summed E-state index contributed by atoms with van der Waals surface area (Å²) in [6.07, 6.45) is 2.00. The second-order valence-electron chi connectivity index (χ2n) is 6.92. The molecule has 1 saturated heterocycles. The molecule has 26 heavy (non-hydrogen) atoms. The summed E-state index contributed by atoms with van der Waals surface area (Å²) in [5.41, 5.74) is 3.05. The fourth-order valence-electron chi connectivity index (χ4n) is 3.53. The maximum Gasteiger partial charge on any atom is 0.251 e. The minimum absolute atomic E-state index is 0.0273. The van der Waals surface area contributed by atoms with Crippen molar-refractivity contribution in [1.82, 2.24) is 15.2 Å².